The van der Waals surface area contributed by atoms with Crippen LogP contribution in [-0.2, 0) is 13.5 Å². The third-order valence-electron chi connectivity index (χ3n) is 3.46. The Labute approximate surface area is 121 Å². The minimum Gasteiger partial charge on any atom is -0.331 e. The fraction of sp³-hybridized carbons (Fsp3) is 0.286. The highest BCUT2D eigenvalue weighted by atomic mass is 32.1. The molecule has 104 valence electrons. The quantitative estimate of drug-likeness (QED) is 0.569. The molecule has 1 unspecified atom stereocenters. The van der Waals surface area contributed by atoms with Crippen LogP contribution in [-0.4, -0.2) is 14.5 Å². The van der Waals surface area contributed by atoms with Crippen molar-refractivity contribution in [2.75, 3.05) is 0 Å². The number of fused-ring (bicyclic) bond motifs is 1. The summed E-state index contributed by atoms with van der Waals surface area (Å²) in [6.07, 6.45) is 0.713. The van der Waals surface area contributed by atoms with Crippen molar-refractivity contribution in [3.05, 3.63) is 46.2 Å². The summed E-state index contributed by atoms with van der Waals surface area (Å²) < 4.78 is 2.11. The Morgan fingerprint density at radius 3 is 2.80 bits per heavy atom. The van der Waals surface area contributed by atoms with Gasteiger partial charge in [0.05, 0.1) is 27.8 Å². The lowest BCUT2D eigenvalue weighted by molar-refractivity contribution is 0.521. The molecule has 0 saturated heterocycles. The second kappa shape index (κ2) is 5.32. The van der Waals surface area contributed by atoms with Crippen LogP contribution >= 0.6 is 11.3 Å². The maximum absolute atomic E-state index is 5.68. The van der Waals surface area contributed by atoms with Crippen molar-refractivity contribution in [1.82, 2.24) is 20.0 Å². The number of hydrazine groups is 1. The Bertz CT molecular complexity index is 730. The molecule has 0 aliphatic rings. The standard InChI is InChI=1S/C14H17N5S/c1-9-16-12(8-20-9)11(18-15)7-14-17-10-5-3-4-6-13(10)19(14)2/h3-6,8,11,18H,7,15H2,1-2H3. The van der Waals surface area contributed by atoms with Crippen molar-refractivity contribution in [2.24, 2.45) is 12.9 Å². The van der Waals surface area contributed by atoms with E-state index in [2.05, 4.69) is 26.0 Å². The van der Waals surface area contributed by atoms with Crippen LogP contribution in [0.25, 0.3) is 11.0 Å². The minimum absolute atomic E-state index is 0.0181. The number of rotatable bonds is 4. The molecule has 0 radical (unpaired) electrons. The highest BCUT2D eigenvalue weighted by Gasteiger charge is 2.17. The molecule has 0 fully saturated rings. The predicted octanol–water partition coefficient (Wildman–Crippen LogP) is 2.09. The van der Waals surface area contributed by atoms with Crippen LogP contribution in [0.1, 0.15) is 22.6 Å². The number of aryl methyl sites for hydroxylation is 2. The van der Waals surface area contributed by atoms with Crippen LogP contribution < -0.4 is 11.3 Å². The fourth-order valence-electron chi connectivity index (χ4n) is 2.35. The summed E-state index contributed by atoms with van der Waals surface area (Å²) in [5.41, 5.74) is 5.96. The number of hydrogen-bond donors (Lipinski definition) is 2. The number of para-hydroxylation sites is 2. The summed E-state index contributed by atoms with van der Waals surface area (Å²) in [4.78, 5) is 9.18. The van der Waals surface area contributed by atoms with Crippen molar-refractivity contribution in [1.29, 1.82) is 0 Å². The maximum Gasteiger partial charge on any atom is 0.111 e. The molecular weight excluding hydrogens is 270 g/mol. The van der Waals surface area contributed by atoms with Gasteiger partial charge in [0.2, 0.25) is 0 Å². The van der Waals surface area contributed by atoms with E-state index in [-0.39, 0.29) is 6.04 Å². The van der Waals surface area contributed by atoms with Gasteiger partial charge >= 0.3 is 0 Å². The van der Waals surface area contributed by atoms with Gasteiger partial charge in [0.25, 0.3) is 0 Å². The molecule has 2 aromatic heterocycles. The third-order valence-corrected chi connectivity index (χ3v) is 4.25. The number of imidazole rings is 1. The summed E-state index contributed by atoms with van der Waals surface area (Å²) in [7, 11) is 2.03. The average molecular weight is 287 g/mol. The summed E-state index contributed by atoms with van der Waals surface area (Å²) in [6, 6.07) is 8.11. The van der Waals surface area contributed by atoms with Gasteiger partial charge < -0.3 is 4.57 Å². The molecule has 3 aromatic rings. The Balaban J connectivity index is 1.93. The smallest absolute Gasteiger partial charge is 0.111 e. The van der Waals surface area contributed by atoms with Crippen LogP contribution in [0.3, 0.4) is 0 Å². The van der Waals surface area contributed by atoms with Crippen molar-refractivity contribution in [3.63, 3.8) is 0 Å². The number of thiazole rings is 1. The second-order valence-electron chi connectivity index (χ2n) is 4.79. The lowest BCUT2D eigenvalue weighted by Gasteiger charge is -2.13. The van der Waals surface area contributed by atoms with E-state index < -0.39 is 0 Å². The molecule has 2 heterocycles. The van der Waals surface area contributed by atoms with Gasteiger partial charge in [0.1, 0.15) is 5.82 Å². The molecular formula is C14H17N5S. The zero-order chi connectivity index (χ0) is 14.1. The molecule has 20 heavy (non-hydrogen) atoms. The normalized spacial score (nSPS) is 12.9. The Kier molecular flexibility index (Phi) is 3.52. The molecule has 0 bridgehead atoms. The van der Waals surface area contributed by atoms with E-state index >= 15 is 0 Å². The fourth-order valence-corrected chi connectivity index (χ4v) is 3.02. The van der Waals surface area contributed by atoms with Gasteiger partial charge in [-0.1, -0.05) is 12.1 Å². The number of hydrogen-bond acceptors (Lipinski definition) is 5. The molecule has 0 amide bonds. The van der Waals surface area contributed by atoms with Gasteiger partial charge in [-0.3, -0.25) is 11.3 Å². The van der Waals surface area contributed by atoms with Crippen molar-refractivity contribution < 1.29 is 0 Å². The van der Waals surface area contributed by atoms with E-state index in [4.69, 9.17) is 5.84 Å². The molecule has 1 aromatic carbocycles. The molecule has 0 saturated carbocycles. The van der Waals surface area contributed by atoms with Gasteiger partial charge in [-0.25, -0.2) is 9.97 Å². The van der Waals surface area contributed by atoms with Gasteiger partial charge in [0, 0.05) is 18.8 Å². The van der Waals surface area contributed by atoms with Gasteiger partial charge in [-0.15, -0.1) is 11.3 Å². The van der Waals surface area contributed by atoms with Crippen LogP contribution in [0.15, 0.2) is 29.6 Å². The first kappa shape index (κ1) is 13.2. The Morgan fingerprint density at radius 1 is 1.35 bits per heavy atom. The van der Waals surface area contributed by atoms with E-state index in [9.17, 15) is 0 Å². The largest absolute Gasteiger partial charge is 0.331 e. The summed E-state index contributed by atoms with van der Waals surface area (Å²) >= 11 is 1.63. The van der Waals surface area contributed by atoms with E-state index in [0.717, 1.165) is 27.6 Å². The summed E-state index contributed by atoms with van der Waals surface area (Å²) in [6.45, 7) is 2.00. The zero-order valence-electron chi connectivity index (χ0n) is 11.5. The molecule has 3 rings (SSSR count). The number of nitrogens with two attached hydrogens (primary N) is 1. The van der Waals surface area contributed by atoms with Gasteiger partial charge in [0.15, 0.2) is 0 Å². The van der Waals surface area contributed by atoms with Crippen molar-refractivity contribution in [3.8, 4) is 0 Å². The zero-order valence-corrected chi connectivity index (χ0v) is 12.3. The summed E-state index contributed by atoms with van der Waals surface area (Å²) in [5.74, 6) is 6.68. The number of nitrogens with zero attached hydrogens (tertiary/aromatic N) is 3. The highest BCUT2D eigenvalue weighted by Crippen LogP contribution is 2.22. The lowest BCUT2D eigenvalue weighted by atomic mass is 10.1. The van der Waals surface area contributed by atoms with E-state index in [0.29, 0.717) is 6.42 Å². The number of nitrogens with one attached hydrogen (secondary N) is 1. The predicted molar refractivity (Wildman–Crippen MR) is 81.3 cm³/mol. The third kappa shape index (κ3) is 2.33. The second-order valence-corrected chi connectivity index (χ2v) is 5.85. The summed E-state index contributed by atoms with van der Waals surface area (Å²) in [5, 5.41) is 3.09. The molecule has 3 N–H and O–H groups in total. The molecule has 5 nitrogen and oxygen atoms in total. The van der Waals surface area contributed by atoms with E-state index in [1.54, 1.807) is 11.3 Å². The average Bonchev–Trinajstić information content (AvgIpc) is 3.01. The van der Waals surface area contributed by atoms with Crippen molar-refractivity contribution in [2.45, 2.75) is 19.4 Å². The van der Waals surface area contributed by atoms with E-state index in [1.807, 2.05) is 37.6 Å². The number of aromatic nitrogens is 3. The minimum atomic E-state index is -0.0181. The van der Waals surface area contributed by atoms with Crippen LogP contribution in [0.4, 0.5) is 0 Å². The molecule has 1 atom stereocenters. The van der Waals surface area contributed by atoms with Crippen LogP contribution in [0.5, 0.6) is 0 Å². The van der Waals surface area contributed by atoms with E-state index in [1.165, 1.54) is 0 Å². The molecule has 0 aliphatic carbocycles. The first-order valence-corrected chi connectivity index (χ1v) is 7.35. The Hall–Kier alpha value is -1.76. The van der Waals surface area contributed by atoms with Gasteiger partial charge in [-0.05, 0) is 19.1 Å². The van der Waals surface area contributed by atoms with Crippen molar-refractivity contribution >= 4 is 22.4 Å². The highest BCUT2D eigenvalue weighted by molar-refractivity contribution is 7.09. The SMILES string of the molecule is Cc1nc(C(Cc2nc3ccccc3n2C)NN)cs1. The maximum atomic E-state index is 5.68. The monoisotopic (exact) mass is 287 g/mol. The molecule has 6 heteroatoms. The van der Waals surface area contributed by atoms with Crippen LogP contribution in [0, 0.1) is 6.92 Å². The van der Waals surface area contributed by atoms with Gasteiger partial charge in [-0.2, -0.15) is 0 Å². The first-order valence-electron chi connectivity index (χ1n) is 6.47. The topological polar surface area (TPSA) is 68.8 Å². The van der Waals surface area contributed by atoms with Crippen LogP contribution in [0.2, 0.25) is 0 Å². The number of benzene rings is 1. The molecule has 0 spiro atoms. The Morgan fingerprint density at radius 2 is 2.15 bits per heavy atom. The first-order chi connectivity index (χ1) is 9.69. The lowest BCUT2D eigenvalue weighted by Crippen LogP contribution is -2.30. The molecule has 0 aliphatic heterocycles.